The van der Waals surface area contributed by atoms with Crippen molar-refractivity contribution in [3.05, 3.63) is 24.5 Å². The molecular weight excluding hydrogens is 152 g/mol. The zero-order valence-electron chi connectivity index (χ0n) is 7.11. The van der Waals surface area contributed by atoms with Crippen LogP contribution in [0, 0.1) is 0 Å². The molecule has 0 saturated heterocycles. The molecule has 0 unspecified atom stereocenters. The Hall–Kier alpha value is -1.51. The smallest absolute Gasteiger partial charge is 0.139 e. The maximum absolute atomic E-state index is 5.06. The van der Waals surface area contributed by atoms with Crippen LogP contribution in [0.1, 0.15) is 0 Å². The van der Waals surface area contributed by atoms with Gasteiger partial charge in [0.15, 0.2) is 0 Å². The summed E-state index contributed by atoms with van der Waals surface area (Å²) >= 11 is 0. The van der Waals surface area contributed by atoms with Gasteiger partial charge in [-0.3, -0.25) is 0 Å². The van der Waals surface area contributed by atoms with Gasteiger partial charge in [0.05, 0.1) is 13.3 Å². The average Bonchev–Trinajstić information content (AvgIpc) is 2.47. The predicted octanol–water partition coefficient (Wildman–Crippen LogP) is 1.58. The third-order valence-corrected chi connectivity index (χ3v) is 1.92. The molecule has 12 heavy (non-hydrogen) atoms. The molecule has 2 aromatic rings. The quantitative estimate of drug-likeness (QED) is 0.636. The van der Waals surface area contributed by atoms with E-state index in [1.165, 1.54) is 0 Å². The number of aromatic nitrogens is 2. The molecule has 0 aromatic carbocycles. The maximum atomic E-state index is 5.06. The Morgan fingerprint density at radius 1 is 1.50 bits per heavy atom. The van der Waals surface area contributed by atoms with Crippen LogP contribution in [0.3, 0.4) is 0 Å². The molecule has 0 saturated carbocycles. The fourth-order valence-corrected chi connectivity index (χ4v) is 1.25. The highest BCUT2D eigenvalue weighted by Crippen LogP contribution is 2.17. The van der Waals surface area contributed by atoms with E-state index >= 15 is 0 Å². The highest BCUT2D eigenvalue weighted by Gasteiger charge is 1.99. The minimum Gasteiger partial charge on any atom is -0.495 e. The van der Waals surface area contributed by atoms with Gasteiger partial charge >= 0.3 is 0 Å². The van der Waals surface area contributed by atoms with Gasteiger partial charge in [0.1, 0.15) is 11.4 Å². The summed E-state index contributed by atoms with van der Waals surface area (Å²) in [5.74, 6) is 0.800. The fourth-order valence-electron chi connectivity index (χ4n) is 1.25. The molecule has 0 N–H and O–H groups in total. The SMILES string of the molecule is COc1cnc2c(ccn2C)c1. The highest BCUT2D eigenvalue weighted by molar-refractivity contribution is 5.77. The fraction of sp³-hybridized carbons (Fsp3) is 0.222. The second-order valence-electron chi connectivity index (χ2n) is 2.71. The number of fused-ring (bicyclic) bond motifs is 1. The number of pyridine rings is 1. The second kappa shape index (κ2) is 2.52. The van der Waals surface area contributed by atoms with Crippen LogP contribution in [0.2, 0.25) is 0 Å². The number of rotatable bonds is 1. The molecule has 2 rings (SSSR count). The van der Waals surface area contributed by atoms with Crippen molar-refractivity contribution in [2.24, 2.45) is 7.05 Å². The first-order chi connectivity index (χ1) is 5.81. The van der Waals surface area contributed by atoms with Crippen LogP contribution in [0.5, 0.6) is 5.75 Å². The maximum Gasteiger partial charge on any atom is 0.139 e. The van der Waals surface area contributed by atoms with Gasteiger partial charge in [-0.05, 0) is 12.1 Å². The molecule has 0 amide bonds. The number of hydrogen-bond donors (Lipinski definition) is 0. The van der Waals surface area contributed by atoms with Crippen LogP contribution in [0.4, 0.5) is 0 Å². The number of methoxy groups -OCH3 is 1. The monoisotopic (exact) mass is 162 g/mol. The Kier molecular flexibility index (Phi) is 1.50. The van der Waals surface area contributed by atoms with Crippen LogP contribution < -0.4 is 4.74 Å². The zero-order chi connectivity index (χ0) is 8.55. The van der Waals surface area contributed by atoms with Crippen molar-refractivity contribution in [1.82, 2.24) is 9.55 Å². The summed E-state index contributed by atoms with van der Waals surface area (Å²) in [5.41, 5.74) is 0.982. The minimum absolute atomic E-state index is 0.800. The molecule has 3 heteroatoms. The molecule has 2 aromatic heterocycles. The van der Waals surface area contributed by atoms with Crippen molar-refractivity contribution in [3.63, 3.8) is 0 Å². The summed E-state index contributed by atoms with van der Waals surface area (Å²) < 4.78 is 7.04. The Morgan fingerprint density at radius 3 is 3.08 bits per heavy atom. The van der Waals surface area contributed by atoms with Crippen LogP contribution in [-0.2, 0) is 7.05 Å². The normalized spacial score (nSPS) is 10.5. The first-order valence-corrected chi connectivity index (χ1v) is 3.76. The van der Waals surface area contributed by atoms with Gasteiger partial charge in [0.25, 0.3) is 0 Å². The van der Waals surface area contributed by atoms with E-state index in [0.717, 1.165) is 16.8 Å². The van der Waals surface area contributed by atoms with Crippen molar-refractivity contribution in [1.29, 1.82) is 0 Å². The third kappa shape index (κ3) is 0.942. The standard InChI is InChI=1S/C9H10N2O/c1-11-4-3-7-5-8(12-2)6-10-9(7)11/h3-6H,1-2H3. The summed E-state index contributed by atoms with van der Waals surface area (Å²) in [7, 11) is 3.62. The summed E-state index contributed by atoms with van der Waals surface area (Å²) in [4.78, 5) is 4.25. The molecular formula is C9H10N2O. The number of nitrogens with zero attached hydrogens (tertiary/aromatic N) is 2. The lowest BCUT2D eigenvalue weighted by atomic mass is 10.3. The van der Waals surface area contributed by atoms with Gasteiger partial charge in [-0.2, -0.15) is 0 Å². The zero-order valence-corrected chi connectivity index (χ0v) is 7.11. The van der Waals surface area contributed by atoms with Gasteiger partial charge in [-0.25, -0.2) is 4.98 Å². The average molecular weight is 162 g/mol. The van der Waals surface area contributed by atoms with Gasteiger partial charge < -0.3 is 9.30 Å². The third-order valence-electron chi connectivity index (χ3n) is 1.92. The molecule has 0 atom stereocenters. The van der Waals surface area contributed by atoms with Crippen molar-refractivity contribution < 1.29 is 4.74 Å². The lowest BCUT2D eigenvalue weighted by molar-refractivity contribution is 0.413. The van der Waals surface area contributed by atoms with Crippen molar-refractivity contribution >= 4 is 11.0 Å². The largest absolute Gasteiger partial charge is 0.495 e. The van der Waals surface area contributed by atoms with E-state index in [4.69, 9.17) is 4.74 Å². The Bertz CT molecular complexity index is 406. The molecule has 2 heterocycles. The van der Waals surface area contributed by atoms with Crippen LogP contribution in [-0.4, -0.2) is 16.7 Å². The summed E-state index contributed by atoms with van der Waals surface area (Å²) in [6.07, 6.45) is 3.71. The molecule has 3 nitrogen and oxygen atoms in total. The molecule has 0 aliphatic carbocycles. The number of hydrogen-bond acceptors (Lipinski definition) is 2. The number of aryl methyl sites for hydroxylation is 1. The van der Waals surface area contributed by atoms with E-state index < -0.39 is 0 Å². The van der Waals surface area contributed by atoms with E-state index in [9.17, 15) is 0 Å². The van der Waals surface area contributed by atoms with Crippen LogP contribution >= 0.6 is 0 Å². The second-order valence-corrected chi connectivity index (χ2v) is 2.71. The predicted molar refractivity (Wildman–Crippen MR) is 47.3 cm³/mol. The Labute approximate surface area is 70.6 Å². The number of ether oxygens (including phenoxy) is 1. The van der Waals surface area contributed by atoms with Gasteiger partial charge in [-0.1, -0.05) is 0 Å². The molecule has 0 radical (unpaired) electrons. The van der Waals surface area contributed by atoms with Crippen LogP contribution in [0.25, 0.3) is 11.0 Å². The topological polar surface area (TPSA) is 27.1 Å². The lowest BCUT2D eigenvalue weighted by Crippen LogP contribution is -1.88. The van der Waals surface area contributed by atoms with E-state index in [-0.39, 0.29) is 0 Å². The molecule has 0 bridgehead atoms. The molecule has 0 aliphatic heterocycles. The Morgan fingerprint density at radius 2 is 2.33 bits per heavy atom. The molecule has 0 aliphatic rings. The van der Waals surface area contributed by atoms with Gasteiger partial charge in [0, 0.05) is 18.6 Å². The highest BCUT2D eigenvalue weighted by atomic mass is 16.5. The summed E-state index contributed by atoms with van der Waals surface area (Å²) in [6.45, 7) is 0. The van der Waals surface area contributed by atoms with Gasteiger partial charge in [0.2, 0.25) is 0 Å². The van der Waals surface area contributed by atoms with Crippen molar-refractivity contribution in [2.45, 2.75) is 0 Å². The van der Waals surface area contributed by atoms with Crippen molar-refractivity contribution in [3.8, 4) is 5.75 Å². The lowest BCUT2D eigenvalue weighted by Gasteiger charge is -1.98. The van der Waals surface area contributed by atoms with Gasteiger partial charge in [-0.15, -0.1) is 0 Å². The summed E-state index contributed by atoms with van der Waals surface area (Å²) in [5, 5.41) is 1.11. The first kappa shape index (κ1) is 7.16. The molecule has 0 spiro atoms. The van der Waals surface area contributed by atoms with Crippen LogP contribution in [0.15, 0.2) is 24.5 Å². The van der Waals surface area contributed by atoms with E-state index in [1.54, 1.807) is 13.3 Å². The van der Waals surface area contributed by atoms with E-state index in [0.29, 0.717) is 0 Å². The Balaban J connectivity index is 2.69. The van der Waals surface area contributed by atoms with E-state index in [2.05, 4.69) is 4.98 Å². The summed E-state index contributed by atoms with van der Waals surface area (Å²) in [6, 6.07) is 3.99. The van der Waals surface area contributed by atoms with Crippen molar-refractivity contribution in [2.75, 3.05) is 7.11 Å². The molecule has 0 fully saturated rings. The molecule has 62 valence electrons. The van der Waals surface area contributed by atoms with E-state index in [1.807, 2.05) is 29.9 Å². The first-order valence-electron chi connectivity index (χ1n) is 3.76. The minimum atomic E-state index is 0.800.